The second kappa shape index (κ2) is 5.74. The number of fused-ring (bicyclic) bond motifs is 1. The van der Waals surface area contributed by atoms with Crippen molar-refractivity contribution in [3.63, 3.8) is 0 Å². The average Bonchev–Trinajstić information content (AvgIpc) is 2.43. The molecule has 0 aromatic heterocycles. The summed E-state index contributed by atoms with van der Waals surface area (Å²) in [5, 5.41) is 22.8. The van der Waals surface area contributed by atoms with Crippen LogP contribution in [0.25, 0.3) is 0 Å². The van der Waals surface area contributed by atoms with E-state index in [2.05, 4.69) is 5.32 Å². The molecule has 0 saturated heterocycles. The number of aliphatic hydroxyl groups is 1. The topological polar surface area (TPSA) is 105 Å². The Hall–Kier alpha value is -2.35. The fourth-order valence-corrected chi connectivity index (χ4v) is 2.07. The van der Waals surface area contributed by atoms with Gasteiger partial charge in [0, 0.05) is 13.1 Å². The minimum Gasteiger partial charge on any atom is -0.481 e. The summed E-state index contributed by atoms with van der Waals surface area (Å²) in [5.74, 6) is -0.0254. The monoisotopic (exact) mass is 281 g/mol. The summed E-state index contributed by atoms with van der Waals surface area (Å²) < 4.78 is 5.17. The van der Waals surface area contributed by atoms with Gasteiger partial charge in [-0.05, 0) is 13.0 Å². The SMILES string of the molecule is CCN(CCO)c1cc2c(cc1[N+](=O)[O-])OCC(=O)N2. The first-order valence-electron chi connectivity index (χ1n) is 6.17. The molecule has 0 aliphatic carbocycles. The lowest BCUT2D eigenvalue weighted by molar-refractivity contribution is -0.384. The van der Waals surface area contributed by atoms with Gasteiger partial charge in [0.25, 0.3) is 11.6 Å². The molecule has 1 aliphatic heterocycles. The Morgan fingerprint density at radius 2 is 2.30 bits per heavy atom. The number of hydrogen-bond acceptors (Lipinski definition) is 6. The molecule has 0 radical (unpaired) electrons. The van der Waals surface area contributed by atoms with Crippen LogP contribution in [0.1, 0.15) is 6.92 Å². The van der Waals surface area contributed by atoms with Crippen molar-refractivity contribution in [2.75, 3.05) is 36.5 Å². The Morgan fingerprint density at radius 1 is 1.55 bits per heavy atom. The van der Waals surface area contributed by atoms with Crippen LogP contribution < -0.4 is 15.0 Å². The van der Waals surface area contributed by atoms with Gasteiger partial charge in [0.15, 0.2) is 12.4 Å². The minimum absolute atomic E-state index is 0.116. The van der Waals surface area contributed by atoms with Gasteiger partial charge < -0.3 is 20.1 Å². The van der Waals surface area contributed by atoms with Crippen molar-refractivity contribution in [3.05, 3.63) is 22.2 Å². The predicted octanol–water partition coefficient (Wildman–Crippen LogP) is 0.744. The van der Waals surface area contributed by atoms with Gasteiger partial charge in [0.1, 0.15) is 5.69 Å². The highest BCUT2D eigenvalue weighted by atomic mass is 16.6. The number of nitrogens with zero attached hydrogens (tertiary/aromatic N) is 2. The van der Waals surface area contributed by atoms with E-state index >= 15 is 0 Å². The Balaban J connectivity index is 2.50. The quantitative estimate of drug-likeness (QED) is 0.609. The molecule has 108 valence electrons. The number of hydrogen-bond donors (Lipinski definition) is 2. The molecule has 1 heterocycles. The Bertz CT molecular complexity index is 546. The first-order chi connectivity index (χ1) is 9.56. The number of aliphatic hydroxyl groups excluding tert-OH is 1. The number of benzene rings is 1. The number of carbonyl (C=O) groups is 1. The molecule has 2 rings (SSSR count). The van der Waals surface area contributed by atoms with E-state index in [1.807, 2.05) is 6.92 Å². The van der Waals surface area contributed by atoms with E-state index < -0.39 is 4.92 Å². The number of nitrogens with one attached hydrogen (secondary N) is 1. The summed E-state index contributed by atoms with van der Waals surface area (Å²) in [6.45, 7) is 2.32. The molecule has 0 spiro atoms. The first kappa shape index (κ1) is 14.1. The van der Waals surface area contributed by atoms with Crippen LogP contribution in [0.4, 0.5) is 17.1 Å². The Kier molecular flexibility index (Phi) is 4.04. The zero-order chi connectivity index (χ0) is 14.7. The Morgan fingerprint density at radius 3 is 2.90 bits per heavy atom. The van der Waals surface area contributed by atoms with E-state index in [1.54, 1.807) is 4.90 Å². The summed E-state index contributed by atoms with van der Waals surface area (Å²) in [7, 11) is 0. The molecule has 0 bridgehead atoms. The average molecular weight is 281 g/mol. The van der Waals surface area contributed by atoms with Crippen molar-refractivity contribution in [2.24, 2.45) is 0 Å². The van der Waals surface area contributed by atoms with Crippen LogP contribution in [0.15, 0.2) is 12.1 Å². The summed E-state index contributed by atoms with van der Waals surface area (Å²) in [6.07, 6.45) is 0. The van der Waals surface area contributed by atoms with Gasteiger partial charge in [-0.15, -0.1) is 0 Å². The van der Waals surface area contributed by atoms with Crippen molar-refractivity contribution >= 4 is 23.0 Å². The number of nitro benzene ring substituents is 1. The molecular formula is C12H15N3O5. The van der Waals surface area contributed by atoms with Crippen LogP contribution in [0.3, 0.4) is 0 Å². The maximum absolute atomic E-state index is 11.3. The summed E-state index contributed by atoms with van der Waals surface area (Å²) in [5.41, 5.74) is 0.629. The molecule has 20 heavy (non-hydrogen) atoms. The van der Waals surface area contributed by atoms with E-state index in [0.717, 1.165) is 0 Å². The highest BCUT2D eigenvalue weighted by Crippen LogP contribution is 2.39. The Labute approximate surface area is 115 Å². The van der Waals surface area contributed by atoms with E-state index in [-0.39, 0.29) is 37.1 Å². The molecule has 2 N–H and O–H groups in total. The lowest BCUT2D eigenvalue weighted by Crippen LogP contribution is -2.29. The molecule has 8 heteroatoms. The third kappa shape index (κ3) is 2.64. The highest BCUT2D eigenvalue weighted by molar-refractivity contribution is 5.96. The van der Waals surface area contributed by atoms with Gasteiger partial charge in [-0.3, -0.25) is 14.9 Å². The molecule has 1 aromatic carbocycles. The summed E-state index contributed by atoms with van der Waals surface area (Å²) in [6, 6.07) is 2.80. The van der Waals surface area contributed by atoms with E-state index in [0.29, 0.717) is 17.9 Å². The second-order valence-corrected chi connectivity index (χ2v) is 4.23. The van der Waals surface area contributed by atoms with Gasteiger partial charge in [0.05, 0.1) is 23.3 Å². The number of ether oxygens (including phenoxy) is 1. The molecule has 0 atom stereocenters. The molecule has 1 aromatic rings. The summed E-state index contributed by atoms with van der Waals surface area (Å²) in [4.78, 5) is 23.6. The molecular weight excluding hydrogens is 266 g/mol. The number of anilines is 2. The van der Waals surface area contributed by atoms with E-state index in [1.165, 1.54) is 12.1 Å². The fourth-order valence-electron chi connectivity index (χ4n) is 2.07. The molecule has 0 saturated carbocycles. The predicted molar refractivity (Wildman–Crippen MR) is 72.2 cm³/mol. The molecule has 0 unspecified atom stereocenters. The van der Waals surface area contributed by atoms with E-state index in [4.69, 9.17) is 9.84 Å². The minimum atomic E-state index is -0.505. The van der Waals surface area contributed by atoms with Crippen LogP contribution in [0.5, 0.6) is 5.75 Å². The van der Waals surface area contributed by atoms with Gasteiger partial charge >= 0.3 is 0 Å². The van der Waals surface area contributed by atoms with Crippen molar-refractivity contribution in [3.8, 4) is 5.75 Å². The lowest BCUT2D eigenvalue weighted by atomic mass is 10.2. The second-order valence-electron chi connectivity index (χ2n) is 4.23. The highest BCUT2D eigenvalue weighted by Gasteiger charge is 2.25. The van der Waals surface area contributed by atoms with E-state index in [9.17, 15) is 14.9 Å². The van der Waals surface area contributed by atoms with Crippen molar-refractivity contribution < 1.29 is 19.6 Å². The van der Waals surface area contributed by atoms with Crippen LogP contribution in [0.2, 0.25) is 0 Å². The van der Waals surface area contributed by atoms with Crippen molar-refractivity contribution in [2.45, 2.75) is 6.92 Å². The maximum Gasteiger partial charge on any atom is 0.296 e. The standard InChI is InChI=1S/C12H15N3O5/c1-2-14(3-4-16)9-5-8-11(6-10(9)15(18)19)20-7-12(17)13-8/h5-6,16H,2-4,7H2,1H3,(H,13,17). The number of likely N-dealkylation sites (N-methyl/N-ethyl adjacent to an activating group) is 1. The van der Waals surface area contributed by atoms with Crippen LogP contribution >= 0.6 is 0 Å². The number of rotatable bonds is 5. The zero-order valence-corrected chi connectivity index (χ0v) is 11.0. The van der Waals surface area contributed by atoms with Crippen LogP contribution in [0, 0.1) is 10.1 Å². The number of nitro groups is 1. The third-order valence-corrected chi connectivity index (χ3v) is 3.00. The van der Waals surface area contributed by atoms with Crippen molar-refractivity contribution in [1.29, 1.82) is 0 Å². The van der Waals surface area contributed by atoms with Crippen LogP contribution in [-0.4, -0.2) is 42.2 Å². The molecule has 0 fully saturated rings. The third-order valence-electron chi connectivity index (χ3n) is 3.00. The van der Waals surface area contributed by atoms with Crippen LogP contribution in [-0.2, 0) is 4.79 Å². The van der Waals surface area contributed by atoms with Gasteiger partial charge in [0.2, 0.25) is 0 Å². The van der Waals surface area contributed by atoms with Crippen molar-refractivity contribution in [1.82, 2.24) is 0 Å². The normalized spacial score (nSPS) is 13.2. The molecule has 1 amide bonds. The lowest BCUT2D eigenvalue weighted by Gasteiger charge is -2.25. The van der Waals surface area contributed by atoms with Gasteiger partial charge in [-0.25, -0.2) is 0 Å². The fraction of sp³-hybridized carbons (Fsp3) is 0.417. The van der Waals surface area contributed by atoms with Gasteiger partial charge in [-0.1, -0.05) is 0 Å². The summed E-state index contributed by atoms with van der Waals surface area (Å²) >= 11 is 0. The number of carbonyl (C=O) groups excluding carboxylic acids is 1. The first-order valence-corrected chi connectivity index (χ1v) is 6.17. The molecule has 1 aliphatic rings. The number of amides is 1. The maximum atomic E-state index is 11.3. The smallest absolute Gasteiger partial charge is 0.296 e. The van der Waals surface area contributed by atoms with Gasteiger partial charge in [-0.2, -0.15) is 0 Å². The largest absolute Gasteiger partial charge is 0.481 e. The molecule has 8 nitrogen and oxygen atoms in total. The zero-order valence-electron chi connectivity index (χ0n) is 11.0.